The molecular weight excluding hydrogens is 242 g/mol. The number of carboxylic acid groups (broad SMARTS) is 1. The lowest BCUT2D eigenvalue weighted by Crippen LogP contribution is -2.43. The lowest BCUT2D eigenvalue weighted by Gasteiger charge is -2.28. The van der Waals surface area contributed by atoms with Gasteiger partial charge in [0.05, 0.1) is 5.60 Å². The molecule has 0 fully saturated rings. The molecule has 0 aliphatic rings. The zero-order chi connectivity index (χ0) is 13.8. The maximum absolute atomic E-state index is 11.2. The number of ether oxygens (including phenoxy) is 1. The average Bonchev–Trinajstić information content (AvgIpc) is 2.74. The number of nitrogens with one attached hydrogen (secondary N) is 2. The summed E-state index contributed by atoms with van der Waals surface area (Å²) >= 11 is 0. The second-order valence-electron chi connectivity index (χ2n) is 4.54. The SMILES string of the molecule is CC(C)(C)OC(C(=O)O)C(NC=O)c1nnn[nH]1. The first kappa shape index (κ1) is 14.0. The van der Waals surface area contributed by atoms with Gasteiger partial charge in [0, 0.05) is 0 Å². The highest BCUT2D eigenvalue weighted by Gasteiger charge is 2.35. The van der Waals surface area contributed by atoms with Crippen molar-refractivity contribution >= 4 is 12.4 Å². The second kappa shape index (κ2) is 5.54. The van der Waals surface area contributed by atoms with Gasteiger partial charge in [0.2, 0.25) is 6.41 Å². The summed E-state index contributed by atoms with van der Waals surface area (Å²) in [5, 5.41) is 24.2. The van der Waals surface area contributed by atoms with Crippen LogP contribution in [0.5, 0.6) is 0 Å². The maximum Gasteiger partial charge on any atom is 0.335 e. The maximum atomic E-state index is 11.2. The number of hydrogen-bond donors (Lipinski definition) is 3. The van der Waals surface area contributed by atoms with Crippen molar-refractivity contribution in [3.8, 4) is 0 Å². The Morgan fingerprint density at radius 1 is 1.56 bits per heavy atom. The Labute approximate surface area is 103 Å². The topological polar surface area (TPSA) is 130 Å². The van der Waals surface area contributed by atoms with Gasteiger partial charge in [0.1, 0.15) is 6.04 Å². The molecule has 18 heavy (non-hydrogen) atoms. The van der Waals surface area contributed by atoms with Gasteiger partial charge < -0.3 is 15.2 Å². The standard InChI is InChI=1S/C9H15N5O4/c1-9(2,3)18-6(8(16)17)5(10-4-15)7-11-13-14-12-7/h4-6H,1-3H3,(H,10,15)(H,16,17)(H,11,12,13,14). The quantitative estimate of drug-likeness (QED) is 0.572. The molecule has 0 saturated heterocycles. The van der Waals surface area contributed by atoms with Gasteiger partial charge in [0.25, 0.3) is 0 Å². The number of carbonyl (C=O) groups excluding carboxylic acids is 1. The van der Waals surface area contributed by atoms with Crippen LogP contribution in [0.3, 0.4) is 0 Å². The lowest BCUT2D eigenvalue weighted by atomic mass is 10.1. The molecule has 2 unspecified atom stereocenters. The molecule has 1 aromatic rings. The van der Waals surface area contributed by atoms with Crippen molar-refractivity contribution < 1.29 is 19.4 Å². The monoisotopic (exact) mass is 257 g/mol. The molecule has 9 nitrogen and oxygen atoms in total. The minimum absolute atomic E-state index is 0.110. The van der Waals surface area contributed by atoms with E-state index in [2.05, 4.69) is 25.9 Å². The first-order valence-electron chi connectivity index (χ1n) is 5.19. The minimum Gasteiger partial charge on any atom is -0.479 e. The van der Waals surface area contributed by atoms with Crippen LogP contribution in [0, 0.1) is 0 Å². The van der Waals surface area contributed by atoms with Crippen LogP contribution < -0.4 is 5.32 Å². The fourth-order valence-electron chi connectivity index (χ4n) is 1.32. The van der Waals surface area contributed by atoms with Crippen LogP contribution in [0.1, 0.15) is 32.6 Å². The third kappa shape index (κ3) is 3.77. The number of amides is 1. The van der Waals surface area contributed by atoms with Gasteiger partial charge in [-0.25, -0.2) is 9.89 Å². The molecule has 100 valence electrons. The highest BCUT2D eigenvalue weighted by Crippen LogP contribution is 2.20. The number of hydrogen-bond acceptors (Lipinski definition) is 6. The van der Waals surface area contributed by atoms with Crippen molar-refractivity contribution in [2.75, 3.05) is 0 Å². The molecular formula is C9H15N5O4. The summed E-state index contributed by atoms with van der Waals surface area (Å²) in [6, 6.07) is -0.991. The number of rotatable bonds is 6. The van der Waals surface area contributed by atoms with Crippen LogP contribution in [0.25, 0.3) is 0 Å². The Hall–Kier alpha value is -2.03. The van der Waals surface area contributed by atoms with E-state index in [-0.39, 0.29) is 5.82 Å². The zero-order valence-electron chi connectivity index (χ0n) is 10.2. The van der Waals surface area contributed by atoms with Gasteiger partial charge >= 0.3 is 5.97 Å². The van der Waals surface area contributed by atoms with Crippen LogP contribution in [0.2, 0.25) is 0 Å². The molecule has 0 radical (unpaired) electrons. The summed E-state index contributed by atoms with van der Waals surface area (Å²) in [5.74, 6) is -1.11. The van der Waals surface area contributed by atoms with Crippen LogP contribution in [-0.2, 0) is 14.3 Å². The van der Waals surface area contributed by atoms with E-state index in [1.807, 2.05) is 0 Å². The first-order chi connectivity index (χ1) is 8.35. The van der Waals surface area contributed by atoms with Crippen molar-refractivity contribution in [3.63, 3.8) is 0 Å². The van der Waals surface area contributed by atoms with E-state index in [0.717, 1.165) is 0 Å². The number of tetrazole rings is 1. The van der Waals surface area contributed by atoms with Gasteiger partial charge in [-0.1, -0.05) is 0 Å². The second-order valence-corrected chi connectivity index (χ2v) is 4.54. The Bertz CT molecular complexity index is 400. The van der Waals surface area contributed by atoms with Crippen LogP contribution in [0.15, 0.2) is 0 Å². The van der Waals surface area contributed by atoms with E-state index in [1.165, 1.54) is 0 Å². The number of aromatic amines is 1. The number of carbonyl (C=O) groups is 2. The number of H-pyrrole nitrogens is 1. The smallest absolute Gasteiger partial charge is 0.335 e. The summed E-state index contributed by atoms with van der Waals surface area (Å²) in [6.07, 6.45) is -0.931. The van der Waals surface area contributed by atoms with Gasteiger partial charge in [-0.3, -0.25) is 4.79 Å². The Balaban J connectivity index is 2.99. The predicted molar refractivity (Wildman–Crippen MR) is 58.4 cm³/mol. The van der Waals surface area contributed by atoms with E-state index in [9.17, 15) is 9.59 Å². The Kier molecular flexibility index (Phi) is 4.32. The van der Waals surface area contributed by atoms with E-state index < -0.39 is 23.7 Å². The summed E-state index contributed by atoms with van der Waals surface area (Å²) in [6.45, 7) is 5.12. The molecule has 0 aliphatic carbocycles. The van der Waals surface area contributed by atoms with E-state index >= 15 is 0 Å². The highest BCUT2D eigenvalue weighted by atomic mass is 16.5. The van der Waals surface area contributed by atoms with Crippen LogP contribution in [0.4, 0.5) is 0 Å². The molecule has 1 heterocycles. The predicted octanol–water partition coefficient (Wildman–Crippen LogP) is -0.745. The van der Waals surface area contributed by atoms with Crippen molar-refractivity contribution in [3.05, 3.63) is 5.82 Å². The molecule has 9 heteroatoms. The molecule has 2 atom stereocenters. The molecule has 0 aliphatic heterocycles. The Morgan fingerprint density at radius 3 is 2.61 bits per heavy atom. The van der Waals surface area contributed by atoms with E-state index in [1.54, 1.807) is 20.8 Å². The number of aromatic nitrogens is 4. The third-order valence-corrected chi connectivity index (χ3v) is 1.93. The fraction of sp³-hybridized carbons (Fsp3) is 0.667. The van der Waals surface area contributed by atoms with Crippen molar-refractivity contribution in [2.45, 2.75) is 38.5 Å². The summed E-state index contributed by atoms with van der Waals surface area (Å²) in [4.78, 5) is 21.8. The lowest BCUT2D eigenvalue weighted by molar-refractivity contribution is -0.163. The van der Waals surface area contributed by atoms with Gasteiger partial charge in [-0.05, 0) is 31.2 Å². The molecule has 1 amide bonds. The molecule has 0 aromatic carbocycles. The van der Waals surface area contributed by atoms with Crippen molar-refractivity contribution in [2.24, 2.45) is 0 Å². The zero-order valence-corrected chi connectivity index (χ0v) is 10.2. The molecule has 0 bridgehead atoms. The molecule has 1 rings (SSSR count). The number of carboxylic acids is 1. The largest absolute Gasteiger partial charge is 0.479 e. The number of nitrogens with zero attached hydrogens (tertiary/aromatic N) is 3. The van der Waals surface area contributed by atoms with Gasteiger partial charge in [-0.2, -0.15) is 0 Å². The summed E-state index contributed by atoms with van der Waals surface area (Å²) < 4.78 is 5.40. The third-order valence-electron chi connectivity index (χ3n) is 1.93. The molecule has 0 saturated carbocycles. The molecule has 1 aromatic heterocycles. The van der Waals surface area contributed by atoms with Crippen molar-refractivity contribution in [1.29, 1.82) is 0 Å². The van der Waals surface area contributed by atoms with E-state index in [4.69, 9.17) is 9.84 Å². The first-order valence-corrected chi connectivity index (χ1v) is 5.19. The van der Waals surface area contributed by atoms with Crippen LogP contribution >= 0.6 is 0 Å². The summed E-state index contributed by atoms with van der Waals surface area (Å²) in [5.41, 5.74) is -0.695. The number of aliphatic carboxylic acids is 1. The van der Waals surface area contributed by atoms with Gasteiger partial charge in [-0.15, -0.1) is 5.10 Å². The van der Waals surface area contributed by atoms with Gasteiger partial charge in [0.15, 0.2) is 11.9 Å². The Morgan fingerprint density at radius 2 is 2.22 bits per heavy atom. The average molecular weight is 257 g/mol. The normalized spacial score (nSPS) is 14.8. The van der Waals surface area contributed by atoms with E-state index in [0.29, 0.717) is 6.41 Å². The summed E-state index contributed by atoms with van der Waals surface area (Å²) in [7, 11) is 0. The minimum atomic E-state index is -1.30. The fourth-order valence-corrected chi connectivity index (χ4v) is 1.32. The molecule has 3 N–H and O–H groups in total. The molecule has 0 spiro atoms. The highest BCUT2D eigenvalue weighted by molar-refractivity contribution is 5.74. The van der Waals surface area contributed by atoms with Crippen LogP contribution in [-0.4, -0.2) is 49.8 Å². The van der Waals surface area contributed by atoms with Crippen molar-refractivity contribution in [1.82, 2.24) is 25.9 Å².